The summed E-state index contributed by atoms with van der Waals surface area (Å²) in [4.78, 5) is 4.46. The SMILES string of the molecule is CC1=Nc2c(C)cc(Br)cc2OC1. The number of ether oxygens (including phenoxy) is 1. The second-order valence-corrected chi connectivity index (χ2v) is 4.12. The summed E-state index contributed by atoms with van der Waals surface area (Å²) in [5.41, 5.74) is 3.13. The smallest absolute Gasteiger partial charge is 0.146 e. The molecule has 0 saturated carbocycles. The lowest BCUT2D eigenvalue weighted by Crippen LogP contribution is -2.11. The number of fused-ring (bicyclic) bond motifs is 1. The Morgan fingerprint density at radius 3 is 2.92 bits per heavy atom. The van der Waals surface area contributed by atoms with Gasteiger partial charge < -0.3 is 4.74 Å². The summed E-state index contributed by atoms with van der Waals surface area (Å²) < 4.78 is 6.58. The summed E-state index contributed by atoms with van der Waals surface area (Å²) >= 11 is 3.43. The van der Waals surface area contributed by atoms with E-state index >= 15 is 0 Å². The highest BCUT2D eigenvalue weighted by atomic mass is 79.9. The van der Waals surface area contributed by atoms with Gasteiger partial charge in [0.05, 0.1) is 5.71 Å². The normalized spacial score (nSPS) is 14.5. The first kappa shape index (κ1) is 8.75. The van der Waals surface area contributed by atoms with Gasteiger partial charge >= 0.3 is 0 Å². The van der Waals surface area contributed by atoms with E-state index in [1.807, 2.05) is 26.0 Å². The molecule has 3 heteroatoms. The van der Waals surface area contributed by atoms with E-state index in [0.717, 1.165) is 27.2 Å². The highest BCUT2D eigenvalue weighted by Gasteiger charge is 2.13. The van der Waals surface area contributed by atoms with Crippen molar-refractivity contribution in [2.24, 2.45) is 4.99 Å². The van der Waals surface area contributed by atoms with Gasteiger partial charge in [0.1, 0.15) is 18.0 Å². The molecule has 1 heterocycles. The number of benzene rings is 1. The number of hydrogen-bond donors (Lipinski definition) is 0. The number of halogens is 1. The Labute approximate surface area is 85.8 Å². The number of aliphatic imine (C=N–C) groups is 1. The molecular formula is C10H10BrNO. The van der Waals surface area contributed by atoms with Gasteiger partial charge in [-0.25, -0.2) is 0 Å². The maximum atomic E-state index is 5.54. The summed E-state index contributed by atoms with van der Waals surface area (Å²) in [6, 6.07) is 4.00. The Morgan fingerprint density at radius 1 is 1.38 bits per heavy atom. The maximum Gasteiger partial charge on any atom is 0.146 e. The fourth-order valence-corrected chi connectivity index (χ4v) is 1.91. The first-order valence-electron chi connectivity index (χ1n) is 4.14. The van der Waals surface area contributed by atoms with Crippen LogP contribution in [0.25, 0.3) is 0 Å². The lowest BCUT2D eigenvalue weighted by Gasteiger charge is -2.16. The minimum absolute atomic E-state index is 0.600. The van der Waals surface area contributed by atoms with Crippen molar-refractivity contribution in [1.29, 1.82) is 0 Å². The van der Waals surface area contributed by atoms with Crippen LogP contribution in [0.1, 0.15) is 12.5 Å². The molecule has 0 amide bonds. The van der Waals surface area contributed by atoms with Crippen LogP contribution in [0.5, 0.6) is 5.75 Å². The minimum Gasteiger partial charge on any atom is -0.485 e. The zero-order valence-electron chi connectivity index (χ0n) is 7.60. The Hall–Kier alpha value is -0.830. The summed E-state index contributed by atoms with van der Waals surface area (Å²) in [6.45, 7) is 4.61. The lowest BCUT2D eigenvalue weighted by molar-refractivity contribution is 0.371. The van der Waals surface area contributed by atoms with Crippen LogP contribution in [0.2, 0.25) is 0 Å². The van der Waals surface area contributed by atoms with E-state index in [0.29, 0.717) is 6.61 Å². The van der Waals surface area contributed by atoms with E-state index < -0.39 is 0 Å². The molecule has 0 atom stereocenters. The van der Waals surface area contributed by atoms with Gasteiger partial charge in [0.25, 0.3) is 0 Å². The first-order valence-corrected chi connectivity index (χ1v) is 4.93. The Kier molecular flexibility index (Phi) is 2.12. The van der Waals surface area contributed by atoms with Crippen molar-refractivity contribution in [2.45, 2.75) is 13.8 Å². The molecule has 0 aliphatic carbocycles. The second kappa shape index (κ2) is 3.14. The van der Waals surface area contributed by atoms with E-state index in [4.69, 9.17) is 4.74 Å². The molecule has 1 aromatic rings. The van der Waals surface area contributed by atoms with Crippen LogP contribution >= 0.6 is 15.9 Å². The molecule has 2 rings (SSSR count). The molecule has 1 aliphatic heterocycles. The van der Waals surface area contributed by atoms with E-state index in [2.05, 4.69) is 20.9 Å². The summed E-state index contributed by atoms with van der Waals surface area (Å²) in [5.74, 6) is 0.873. The molecule has 68 valence electrons. The summed E-state index contributed by atoms with van der Waals surface area (Å²) in [7, 11) is 0. The van der Waals surface area contributed by atoms with Gasteiger partial charge in [-0.2, -0.15) is 0 Å². The van der Waals surface area contributed by atoms with Crippen molar-refractivity contribution in [1.82, 2.24) is 0 Å². The first-order chi connectivity index (χ1) is 6.16. The fraction of sp³-hybridized carbons (Fsp3) is 0.300. The molecular weight excluding hydrogens is 230 g/mol. The highest BCUT2D eigenvalue weighted by molar-refractivity contribution is 9.10. The Balaban J connectivity index is 2.61. The predicted molar refractivity (Wildman–Crippen MR) is 57.1 cm³/mol. The Bertz CT molecular complexity index is 385. The highest BCUT2D eigenvalue weighted by Crippen LogP contribution is 2.36. The Morgan fingerprint density at radius 2 is 2.15 bits per heavy atom. The zero-order chi connectivity index (χ0) is 9.42. The number of aryl methyl sites for hydroxylation is 1. The van der Waals surface area contributed by atoms with Gasteiger partial charge in [-0.05, 0) is 31.5 Å². The zero-order valence-corrected chi connectivity index (χ0v) is 9.18. The van der Waals surface area contributed by atoms with Crippen LogP contribution in [0.4, 0.5) is 5.69 Å². The molecule has 0 aromatic heterocycles. The maximum absolute atomic E-state index is 5.54. The third-order valence-electron chi connectivity index (χ3n) is 1.97. The number of rotatable bonds is 0. The van der Waals surface area contributed by atoms with Crippen LogP contribution in [0.15, 0.2) is 21.6 Å². The number of nitrogens with zero attached hydrogens (tertiary/aromatic N) is 1. The van der Waals surface area contributed by atoms with E-state index in [1.165, 1.54) is 0 Å². The van der Waals surface area contributed by atoms with Crippen LogP contribution in [-0.2, 0) is 0 Å². The molecule has 1 aromatic carbocycles. The van der Waals surface area contributed by atoms with Gasteiger partial charge in [-0.1, -0.05) is 15.9 Å². The lowest BCUT2D eigenvalue weighted by atomic mass is 10.1. The predicted octanol–water partition coefficient (Wildman–Crippen LogP) is 3.24. The van der Waals surface area contributed by atoms with Crippen LogP contribution in [0, 0.1) is 6.92 Å². The molecule has 0 spiro atoms. The fourth-order valence-electron chi connectivity index (χ4n) is 1.36. The monoisotopic (exact) mass is 239 g/mol. The number of hydrogen-bond acceptors (Lipinski definition) is 2. The van der Waals surface area contributed by atoms with Crippen LogP contribution in [0.3, 0.4) is 0 Å². The molecule has 0 radical (unpaired) electrons. The van der Waals surface area contributed by atoms with Gasteiger partial charge in [0.2, 0.25) is 0 Å². The third kappa shape index (κ3) is 1.61. The topological polar surface area (TPSA) is 21.6 Å². The molecule has 0 unspecified atom stereocenters. The van der Waals surface area contributed by atoms with Gasteiger partial charge in [-0.15, -0.1) is 0 Å². The van der Waals surface area contributed by atoms with Gasteiger partial charge in [0.15, 0.2) is 0 Å². The molecule has 0 saturated heterocycles. The van der Waals surface area contributed by atoms with Crippen molar-refractivity contribution >= 4 is 27.3 Å². The average molecular weight is 240 g/mol. The van der Waals surface area contributed by atoms with Gasteiger partial charge in [-0.3, -0.25) is 4.99 Å². The van der Waals surface area contributed by atoms with Crippen molar-refractivity contribution in [3.8, 4) is 5.75 Å². The molecule has 1 aliphatic rings. The molecule has 13 heavy (non-hydrogen) atoms. The minimum atomic E-state index is 0.600. The van der Waals surface area contributed by atoms with Crippen molar-refractivity contribution in [3.05, 3.63) is 22.2 Å². The molecule has 0 bridgehead atoms. The molecule has 0 fully saturated rings. The van der Waals surface area contributed by atoms with Gasteiger partial charge in [0, 0.05) is 4.47 Å². The standard InChI is InChI=1S/C10H10BrNO/c1-6-3-8(11)4-9-10(6)12-7(2)5-13-9/h3-4H,5H2,1-2H3. The van der Waals surface area contributed by atoms with Crippen molar-refractivity contribution in [3.63, 3.8) is 0 Å². The molecule has 0 N–H and O–H groups in total. The molecule has 2 nitrogen and oxygen atoms in total. The largest absolute Gasteiger partial charge is 0.485 e. The van der Waals surface area contributed by atoms with E-state index in [9.17, 15) is 0 Å². The van der Waals surface area contributed by atoms with Crippen LogP contribution in [-0.4, -0.2) is 12.3 Å². The quantitative estimate of drug-likeness (QED) is 0.682. The summed E-state index contributed by atoms with van der Waals surface area (Å²) in [5, 5.41) is 0. The van der Waals surface area contributed by atoms with Crippen molar-refractivity contribution in [2.75, 3.05) is 6.61 Å². The summed E-state index contributed by atoms with van der Waals surface area (Å²) in [6.07, 6.45) is 0. The van der Waals surface area contributed by atoms with E-state index in [1.54, 1.807) is 0 Å². The average Bonchev–Trinajstić information content (AvgIpc) is 2.06. The van der Waals surface area contributed by atoms with Crippen molar-refractivity contribution < 1.29 is 4.74 Å². The second-order valence-electron chi connectivity index (χ2n) is 3.21. The third-order valence-corrected chi connectivity index (χ3v) is 2.43. The van der Waals surface area contributed by atoms with E-state index in [-0.39, 0.29) is 0 Å². The van der Waals surface area contributed by atoms with Crippen LogP contribution < -0.4 is 4.74 Å².